The summed E-state index contributed by atoms with van der Waals surface area (Å²) in [5.74, 6) is 0.264. The molecule has 3 aromatic rings. The second-order valence-corrected chi connectivity index (χ2v) is 7.45. The smallest absolute Gasteiger partial charge is 0.321 e. The van der Waals surface area contributed by atoms with Gasteiger partial charge >= 0.3 is 6.03 Å². The van der Waals surface area contributed by atoms with Gasteiger partial charge in [-0.1, -0.05) is 36.0 Å². The van der Waals surface area contributed by atoms with Crippen LogP contribution in [0, 0.1) is 0 Å². The Morgan fingerprint density at radius 1 is 1.16 bits per heavy atom. The molecule has 0 bridgehead atoms. The Kier molecular flexibility index (Phi) is 5.30. The molecule has 2 heterocycles. The molecule has 0 saturated carbocycles. The van der Waals surface area contributed by atoms with E-state index in [1.165, 1.54) is 18.8 Å². The molecule has 0 spiro atoms. The van der Waals surface area contributed by atoms with E-state index in [2.05, 4.69) is 20.6 Å². The minimum atomic E-state index is -0.524. The maximum atomic E-state index is 12.1. The molecule has 0 radical (unpaired) electrons. The molecular formula is C17H16N4O2S2. The normalized spacial score (nSPS) is 11.9. The van der Waals surface area contributed by atoms with Gasteiger partial charge in [-0.3, -0.25) is 10.1 Å². The van der Waals surface area contributed by atoms with Gasteiger partial charge in [0, 0.05) is 12.4 Å². The molecule has 0 saturated heterocycles. The van der Waals surface area contributed by atoms with Gasteiger partial charge in [-0.2, -0.15) is 0 Å². The highest BCUT2D eigenvalue weighted by atomic mass is 32.2. The summed E-state index contributed by atoms with van der Waals surface area (Å²) in [6.45, 7) is 1.74. The van der Waals surface area contributed by atoms with Crippen LogP contribution in [0.5, 0.6) is 0 Å². The predicted octanol–water partition coefficient (Wildman–Crippen LogP) is 3.29. The number of para-hydroxylation sites is 1. The van der Waals surface area contributed by atoms with Crippen LogP contribution in [0.25, 0.3) is 21.6 Å². The molecule has 128 valence electrons. The number of benzene rings is 1. The molecule has 0 aliphatic carbocycles. The lowest BCUT2D eigenvalue weighted by Crippen LogP contribution is -2.41. The first kappa shape index (κ1) is 17.4. The predicted molar refractivity (Wildman–Crippen MR) is 101 cm³/mol. The molecule has 3 amide bonds. The average molecular weight is 372 g/mol. The Hall–Kier alpha value is -2.45. The molecular weight excluding hydrogens is 356 g/mol. The summed E-state index contributed by atoms with van der Waals surface area (Å²) < 4.78 is 0. The van der Waals surface area contributed by atoms with Crippen molar-refractivity contribution in [3.8, 4) is 10.7 Å². The molecule has 25 heavy (non-hydrogen) atoms. The van der Waals surface area contributed by atoms with E-state index >= 15 is 0 Å². The van der Waals surface area contributed by atoms with Crippen LogP contribution in [-0.2, 0) is 4.79 Å². The van der Waals surface area contributed by atoms with E-state index in [9.17, 15) is 9.59 Å². The fraction of sp³-hybridized carbons (Fsp3) is 0.176. The quantitative estimate of drug-likeness (QED) is 0.542. The van der Waals surface area contributed by atoms with Crippen molar-refractivity contribution in [2.24, 2.45) is 0 Å². The molecule has 6 nitrogen and oxygen atoms in total. The highest BCUT2D eigenvalue weighted by Gasteiger charge is 2.19. The molecule has 2 aromatic heterocycles. The second kappa shape index (κ2) is 7.62. The monoisotopic (exact) mass is 372 g/mol. The summed E-state index contributed by atoms with van der Waals surface area (Å²) in [4.78, 5) is 33.7. The number of carbonyl (C=O) groups excluding carboxylic acids is 2. The third-order valence-electron chi connectivity index (χ3n) is 3.43. The largest absolute Gasteiger partial charge is 0.341 e. The summed E-state index contributed by atoms with van der Waals surface area (Å²) in [5.41, 5.74) is 0.822. The van der Waals surface area contributed by atoms with Gasteiger partial charge in [-0.25, -0.2) is 14.8 Å². The molecule has 0 aliphatic rings. The third kappa shape index (κ3) is 3.97. The highest BCUT2D eigenvalue weighted by molar-refractivity contribution is 8.00. The molecule has 1 unspecified atom stereocenters. The van der Waals surface area contributed by atoms with Gasteiger partial charge in [0.1, 0.15) is 5.03 Å². The van der Waals surface area contributed by atoms with Crippen molar-refractivity contribution in [2.75, 3.05) is 7.05 Å². The minimum Gasteiger partial charge on any atom is -0.341 e. The first-order valence-corrected chi connectivity index (χ1v) is 9.34. The van der Waals surface area contributed by atoms with Crippen molar-refractivity contribution >= 4 is 45.9 Å². The van der Waals surface area contributed by atoms with Crippen LogP contribution < -0.4 is 10.6 Å². The highest BCUT2D eigenvalue weighted by Crippen LogP contribution is 2.32. The fourth-order valence-electron chi connectivity index (χ4n) is 2.15. The number of fused-ring (bicyclic) bond motifs is 1. The summed E-state index contributed by atoms with van der Waals surface area (Å²) in [7, 11) is 1.46. The van der Waals surface area contributed by atoms with Crippen LogP contribution >= 0.6 is 23.1 Å². The zero-order chi connectivity index (χ0) is 17.8. The number of carbonyl (C=O) groups is 2. The lowest BCUT2D eigenvalue weighted by molar-refractivity contribution is -0.119. The van der Waals surface area contributed by atoms with E-state index in [4.69, 9.17) is 0 Å². The van der Waals surface area contributed by atoms with Crippen LogP contribution in [0.15, 0.2) is 46.8 Å². The van der Waals surface area contributed by atoms with E-state index in [-0.39, 0.29) is 5.91 Å². The number of nitrogens with zero attached hydrogens (tertiary/aromatic N) is 2. The number of amides is 3. The van der Waals surface area contributed by atoms with Gasteiger partial charge in [0.2, 0.25) is 5.91 Å². The van der Waals surface area contributed by atoms with E-state index in [1.807, 2.05) is 41.8 Å². The average Bonchev–Trinajstić information content (AvgIpc) is 3.16. The molecule has 0 fully saturated rings. The number of aromatic nitrogens is 2. The van der Waals surface area contributed by atoms with Crippen LogP contribution in [0.3, 0.4) is 0 Å². The van der Waals surface area contributed by atoms with Crippen molar-refractivity contribution < 1.29 is 9.59 Å². The standard InChI is InChI=1S/C17H16N4O2S2/c1-10(15(22)21-17(23)18-2)25-16-11-6-3-4-7-12(11)19-14(20-16)13-8-5-9-24-13/h3-10H,1-2H3,(H2,18,21,22,23). The van der Waals surface area contributed by atoms with Gasteiger partial charge < -0.3 is 5.32 Å². The van der Waals surface area contributed by atoms with Gasteiger partial charge in [-0.15, -0.1) is 11.3 Å². The number of nitrogens with one attached hydrogen (secondary N) is 2. The maximum absolute atomic E-state index is 12.1. The zero-order valence-electron chi connectivity index (χ0n) is 13.6. The lowest BCUT2D eigenvalue weighted by Gasteiger charge is -2.12. The summed E-state index contributed by atoms with van der Waals surface area (Å²) in [6, 6.07) is 11.1. The molecule has 1 aromatic carbocycles. The van der Waals surface area contributed by atoms with Crippen LogP contribution in [0.4, 0.5) is 4.79 Å². The van der Waals surface area contributed by atoms with Crippen molar-refractivity contribution in [3.05, 3.63) is 41.8 Å². The fourth-order valence-corrected chi connectivity index (χ4v) is 3.75. The van der Waals surface area contributed by atoms with Crippen molar-refractivity contribution in [2.45, 2.75) is 17.2 Å². The lowest BCUT2D eigenvalue weighted by atomic mass is 10.2. The molecule has 8 heteroatoms. The van der Waals surface area contributed by atoms with Gasteiger partial charge in [-0.05, 0) is 24.4 Å². The van der Waals surface area contributed by atoms with Gasteiger partial charge in [0.25, 0.3) is 0 Å². The summed E-state index contributed by atoms with van der Waals surface area (Å²) in [5, 5.41) is 7.75. The molecule has 3 rings (SSSR count). The van der Waals surface area contributed by atoms with E-state index in [1.54, 1.807) is 18.3 Å². The summed E-state index contributed by atoms with van der Waals surface area (Å²) in [6.07, 6.45) is 0. The van der Waals surface area contributed by atoms with E-state index in [0.717, 1.165) is 15.8 Å². The molecule has 2 N–H and O–H groups in total. The zero-order valence-corrected chi connectivity index (χ0v) is 15.3. The second-order valence-electron chi connectivity index (χ2n) is 5.18. The Morgan fingerprint density at radius 2 is 1.96 bits per heavy atom. The number of thioether (sulfide) groups is 1. The minimum absolute atomic E-state index is 0.371. The first-order valence-electron chi connectivity index (χ1n) is 7.58. The topological polar surface area (TPSA) is 84.0 Å². The van der Waals surface area contributed by atoms with Crippen molar-refractivity contribution in [1.82, 2.24) is 20.6 Å². The number of hydrogen-bond acceptors (Lipinski definition) is 6. The van der Waals surface area contributed by atoms with Crippen molar-refractivity contribution in [1.29, 1.82) is 0 Å². The number of rotatable bonds is 4. The number of thiophene rings is 1. The number of urea groups is 1. The number of hydrogen-bond donors (Lipinski definition) is 2. The molecule has 1 atom stereocenters. The Labute approximate surface area is 153 Å². The van der Waals surface area contributed by atoms with Crippen molar-refractivity contribution in [3.63, 3.8) is 0 Å². The number of imide groups is 1. The SMILES string of the molecule is CNC(=O)NC(=O)C(C)Sc1nc(-c2cccs2)nc2ccccc12. The van der Waals surface area contributed by atoms with Crippen LogP contribution in [0.1, 0.15) is 6.92 Å². The van der Waals surface area contributed by atoms with Crippen LogP contribution in [0.2, 0.25) is 0 Å². The van der Waals surface area contributed by atoms with E-state index < -0.39 is 11.3 Å². The van der Waals surface area contributed by atoms with Gasteiger partial charge in [0.15, 0.2) is 5.82 Å². The Bertz CT molecular complexity index is 912. The van der Waals surface area contributed by atoms with E-state index in [0.29, 0.717) is 10.9 Å². The van der Waals surface area contributed by atoms with Gasteiger partial charge in [0.05, 0.1) is 15.6 Å². The third-order valence-corrected chi connectivity index (χ3v) is 5.40. The Balaban J connectivity index is 1.94. The Morgan fingerprint density at radius 3 is 2.68 bits per heavy atom. The first-order chi connectivity index (χ1) is 12.1. The summed E-state index contributed by atoms with van der Waals surface area (Å²) >= 11 is 2.87. The molecule has 0 aliphatic heterocycles. The maximum Gasteiger partial charge on any atom is 0.321 e. The van der Waals surface area contributed by atoms with Crippen LogP contribution in [-0.4, -0.2) is 34.2 Å².